The minimum atomic E-state index is -0.184. The fourth-order valence-electron chi connectivity index (χ4n) is 2.80. The second kappa shape index (κ2) is 5.59. The molecule has 0 radical (unpaired) electrons. The summed E-state index contributed by atoms with van der Waals surface area (Å²) < 4.78 is 18.6. The summed E-state index contributed by atoms with van der Waals surface area (Å²) in [5, 5.41) is 3.63. The van der Waals surface area contributed by atoms with Gasteiger partial charge in [-0.15, -0.1) is 0 Å². The van der Waals surface area contributed by atoms with Gasteiger partial charge < -0.3 is 10.1 Å². The highest BCUT2D eigenvalue weighted by Gasteiger charge is 2.48. The monoisotopic (exact) mass is 265 g/mol. The smallest absolute Gasteiger partial charge is 0.123 e. The Balaban J connectivity index is 1.93. The molecule has 3 heteroatoms. The first-order chi connectivity index (χ1) is 8.95. The van der Waals surface area contributed by atoms with Crippen LogP contribution in [0.25, 0.3) is 0 Å². The van der Waals surface area contributed by atoms with Crippen LogP contribution in [0.3, 0.4) is 0 Å². The lowest BCUT2D eigenvalue weighted by Gasteiger charge is -2.52. The van der Waals surface area contributed by atoms with Crippen LogP contribution in [0, 0.1) is 11.2 Å². The quantitative estimate of drug-likeness (QED) is 0.877. The molecule has 0 amide bonds. The molecule has 1 aliphatic rings. The van der Waals surface area contributed by atoms with Gasteiger partial charge in [0.25, 0.3) is 0 Å². The predicted octanol–water partition coefficient (Wildman–Crippen LogP) is 3.68. The zero-order chi connectivity index (χ0) is 14.0. The Morgan fingerprint density at radius 3 is 2.53 bits per heavy atom. The molecule has 1 fully saturated rings. The van der Waals surface area contributed by atoms with Crippen molar-refractivity contribution in [3.05, 3.63) is 35.6 Å². The lowest BCUT2D eigenvalue weighted by atomic mass is 9.64. The van der Waals surface area contributed by atoms with Crippen molar-refractivity contribution in [2.45, 2.75) is 52.3 Å². The van der Waals surface area contributed by atoms with Gasteiger partial charge in [0.1, 0.15) is 5.82 Å². The Labute approximate surface area is 115 Å². The third-order valence-corrected chi connectivity index (χ3v) is 4.37. The van der Waals surface area contributed by atoms with Gasteiger partial charge >= 0.3 is 0 Å². The molecule has 1 N–H and O–H groups in total. The lowest BCUT2D eigenvalue weighted by Crippen LogP contribution is -2.61. The average molecular weight is 265 g/mol. The molecule has 1 aromatic carbocycles. The van der Waals surface area contributed by atoms with Gasteiger partial charge in [-0.3, -0.25) is 0 Å². The highest BCUT2D eigenvalue weighted by atomic mass is 19.1. The van der Waals surface area contributed by atoms with Crippen molar-refractivity contribution in [1.29, 1.82) is 0 Å². The van der Waals surface area contributed by atoms with E-state index in [1.807, 2.05) is 19.1 Å². The van der Waals surface area contributed by atoms with E-state index in [0.29, 0.717) is 12.1 Å². The van der Waals surface area contributed by atoms with Crippen LogP contribution < -0.4 is 5.32 Å². The fraction of sp³-hybridized carbons (Fsp3) is 0.625. The molecule has 0 spiro atoms. The lowest BCUT2D eigenvalue weighted by molar-refractivity contribution is -0.116. The van der Waals surface area contributed by atoms with Gasteiger partial charge in [0.2, 0.25) is 0 Å². The van der Waals surface area contributed by atoms with E-state index in [1.165, 1.54) is 12.1 Å². The Hall–Kier alpha value is -0.930. The molecule has 0 aromatic heterocycles. The van der Waals surface area contributed by atoms with E-state index in [2.05, 4.69) is 26.1 Å². The number of halogens is 1. The van der Waals surface area contributed by atoms with Crippen LogP contribution in [0.4, 0.5) is 4.39 Å². The number of benzene rings is 1. The first kappa shape index (κ1) is 14.5. The van der Waals surface area contributed by atoms with Crippen LogP contribution in [0.2, 0.25) is 0 Å². The van der Waals surface area contributed by atoms with Crippen molar-refractivity contribution in [2.24, 2.45) is 5.41 Å². The number of nitrogens with one attached hydrogen (secondary N) is 1. The standard InChI is InChI=1S/C16H24FNO/c1-5-19-15-10-14(16(15,3)4)18-11(2)12-6-8-13(17)9-7-12/h6-9,11,14-15,18H,5,10H2,1-4H3. The number of rotatable bonds is 5. The highest BCUT2D eigenvalue weighted by Crippen LogP contribution is 2.43. The van der Waals surface area contributed by atoms with Crippen LogP contribution in [0.15, 0.2) is 24.3 Å². The molecule has 0 bridgehead atoms. The third kappa shape index (κ3) is 2.98. The number of ether oxygens (including phenoxy) is 1. The summed E-state index contributed by atoms with van der Waals surface area (Å²) >= 11 is 0. The summed E-state index contributed by atoms with van der Waals surface area (Å²) in [5.74, 6) is -0.184. The fourth-order valence-corrected chi connectivity index (χ4v) is 2.80. The molecule has 0 heterocycles. The molecule has 1 aliphatic carbocycles. The SMILES string of the molecule is CCOC1CC(NC(C)c2ccc(F)cc2)C1(C)C. The molecule has 106 valence electrons. The molecule has 2 rings (SSSR count). The summed E-state index contributed by atoms with van der Waals surface area (Å²) in [4.78, 5) is 0. The van der Waals surface area contributed by atoms with Crippen LogP contribution in [0.1, 0.15) is 45.7 Å². The maximum Gasteiger partial charge on any atom is 0.123 e. The average Bonchev–Trinajstić information content (AvgIpc) is 2.38. The Kier molecular flexibility index (Phi) is 4.26. The van der Waals surface area contributed by atoms with Crippen molar-refractivity contribution in [3.8, 4) is 0 Å². The van der Waals surface area contributed by atoms with E-state index in [1.54, 1.807) is 0 Å². The van der Waals surface area contributed by atoms with E-state index >= 15 is 0 Å². The Morgan fingerprint density at radius 2 is 2.00 bits per heavy atom. The van der Waals surface area contributed by atoms with Gasteiger partial charge in [-0.05, 0) is 38.0 Å². The van der Waals surface area contributed by atoms with Crippen LogP contribution >= 0.6 is 0 Å². The van der Waals surface area contributed by atoms with Gasteiger partial charge in [0.05, 0.1) is 6.10 Å². The summed E-state index contributed by atoms with van der Waals surface area (Å²) in [7, 11) is 0. The summed E-state index contributed by atoms with van der Waals surface area (Å²) in [6.07, 6.45) is 1.39. The molecule has 19 heavy (non-hydrogen) atoms. The Morgan fingerprint density at radius 1 is 1.37 bits per heavy atom. The first-order valence-corrected chi connectivity index (χ1v) is 7.08. The van der Waals surface area contributed by atoms with Crippen molar-refractivity contribution >= 4 is 0 Å². The van der Waals surface area contributed by atoms with Gasteiger partial charge in [-0.2, -0.15) is 0 Å². The highest BCUT2D eigenvalue weighted by molar-refractivity contribution is 5.20. The van der Waals surface area contributed by atoms with E-state index in [0.717, 1.165) is 18.6 Å². The second-order valence-corrected chi connectivity index (χ2v) is 5.99. The number of hydrogen-bond acceptors (Lipinski definition) is 2. The molecule has 1 aromatic rings. The van der Waals surface area contributed by atoms with Crippen molar-refractivity contribution in [3.63, 3.8) is 0 Å². The predicted molar refractivity (Wildman–Crippen MR) is 75.6 cm³/mol. The Bertz CT molecular complexity index is 415. The van der Waals surface area contributed by atoms with Crippen molar-refractivity contribution in [2.75, 3.05) is 6.61 Å². The zero-order valence-corrected chi connectivity index (χ0v) is 12.2. The minimum Gasteiger partial charge on any atom is -0.378 e. The molecule has 0 aliphatic heterocycles. The molecule has 0 saturated heterocycles. The maximum absolute atomic E-state index is 12.9. The largest absolute Gasteiger partial charge is 0.378 e. The van der Waals surface area contributed by atoms with Crippen LogP contribution in [-0.2, 0) is 4.74 Å². The van der Waals surface area contributed by atoms with E-state index < -0.39 is 0 Å². The summed E-state index contributed by atoms with van der Waals surface area (Å²) in [5.41, 5.74) is 1.28. The molecule has 2 nitrogen and oxygen atoms in total. The normalized spacial score (nSPS) is 26.8. The molecular formula is C16H24FNO. The third-order valence-electron chi connectivity index (χ3n) is 4.37. The topological polar surface area (TPSA) is 21.3 Å². The van der Waals surface area contributed by atoms with Gasteiger partial charge in [-0.1, -0.05) is 26.0 Å². The van der Waals surface area contributed by atoms with Gasteiger partial charge in [0.15, 0.2) is 0 Å². The first-order valence-electron chi connectivity index (χ1n) is 7.08. The molecule has 3 atom stereocenters. The summed E-state index contributed by atoms with van der Waals surface area (Å²) in [6, 6.07) is 7.40. The molecular weight excluding hydrogens is 241 g/mol. The van der Waals surface area contributed by atoms with E-state index in [9.17, 15) is 4.39 Å². The molecule has 1 saturated carbocycles. The van der Waals surface area contributed by atoms with Crippen molar-refractivity contribution in [1.82, 2.24) is 5.32 Å². The maximum atomic E-state index is 12.9. The summed E-state index contributed by atoms with van der Waals surface area (Å²) in [6.45, 7) is 9.42. The van der Waals surface area contributed by atoms with E-state index in [-0.39, 0.29) is 17.3 Å². The van der Waals surface area contributed by atoms with Gasteiger partial charge in [0, 0.05) is 24.1 Å². The van der Waals surface area contributed by atoms with E-state index in [4.69, 9.17) is 4.74 Å². The second-order valence-electron chi connectivity index (χ2n) is 5.99. The van der Waals surface area contributed by atoms with Crippen molar-refractivity contribution < 1.29 is 9.13 Å². The van der Waals surface area contributed by atoms with Crippen LogP contribution in [0.5, 0.6) is 0 Å². The minimum absolute atomic E-state index is 0.157. The van der Waals surface area contributed by atoms with Gasteiger partial charge in [-0.25, -0.2) is 4.39 Å². The molecule has 3 unspecified atom stereocenters. The zero-order valence-electron chi connectivity index (χ0n) is 12.2. The number of hydrogen-bond donors (Lipinski definition) is 1. The van der Waals surface area contributed by atoms with Crippen LogP contribution in [-0.4, -0.2) is 18.8 Å².